The fraction of sp³-hybridized carbons (Fsp3) is 0.333. The van der Waals surface area contributed by atoms with Gasteiger partial charge in [0.15, 0.2) is 0 Å². The van der Waals surface area contributed by atoms with Crippen molar-refractivity contribution in [1.29, 1.82) is 5.26 Å². The van der Waals surface area contributed by atoms with E-state index in [1.807, 2.05) is 31.3 Å². The van der Waals surface area contributed by atoms with Crippen LogP contribution in [-0.4, -0.2) is 30.2 Å². The fourth-order valence-corrected chi connectivity index (χ4v) is 4.19. The van der Waals surface area contributed by atoms with Gasteiger partial charge in [0.25, 0.3) is 0 Å². The maximum absolute atomic E-state index is 12.6. The fourth-order valence-electron chi connectivity index (χ4n) is 3.52. The number of aryl methyl sites for hydroxylation is 1. The third kappa shape index (κ3) is 4.46. The van der Waals surface area contributed by atoms with Crippen LogP contribution in [0.15, 0.2) is 53.4 Å². The molecule has 0 aromatic heterocycles. The lowest BCUT2D eigenvalue weighted by molar-refractivity contribution is -0.117. The quantitative estimate of drug-likeness (QED) is 0.778. The molecule has 1 aliphatic carbocycles. The molecule has 0 aliphatic heterocycles. The highest BCUT2D eigenvalue weighted by Crippen LogP contribution is 2.33. The first-order valence-corrected chi connectivity index (χ1v) is 9.84. The highest BCUT2D eigenvalue weighted by Gasteiger charge is 2.24. The summed E-state index contributed by atoms with van der Waals surface area (Å²) in [6.07, 6.45) is 3.35. The maximum Gasteiger partial charge on any atom is 0.238 e. The Morgan fingerprint density at radius 3 is 2.88 bits per heavy atom. The number of hydrogen-bond donors (Lipinski definition) is 1. The number of amides is 1. The SMILES string of the molecule is CN(CC(=O)Nc1ccccc1SCC#N)[C@H]1CCCc2ccccc21. The van der Waals surface area contributed by atoms with Crippen molar-refractivity contribution in [2.24, 2.45) is 0 Å². The van der Waals surface area contributed by atoms with Crippen molar-refractivity contribution in [3.8, 4) is 6.07 Å². The molecular formula is C21H23N3OS. The van der Waals surface area contributed by atoms with E-state index < -0.39 is 0 Å². The van der Waals surface area contributed by atoms with E-state index in [2.05, 4.69) is 40.6 Å². The van der Waals surface area contributed by atoms with Crippen LogP contribution in [0.25, 0.3) is 0 Å². The average Bonchev–Trinajstić information content (AvgIpc) is 2.66. The third-order valence-corrected chi connectivity index (χ3v) is 5.66. The molecule has 5 heteroatoms. The molecule has 1 atom stereocenters. The zero-order valence-electron chi connectivity index (χ0n) is 14.9. The Bertz CT molecular complexity index is 815. The Balaban J connectivity index is 1.65. The summed E-state index contributed by atoms with van der Waals surface area (Å²) in [6, 6.07) is 18.6. The van der Waals surface area contributed by atoms with Crippen LogP contribution >= 0.6 is 11.8 Å². The minimum absolute atomic E-state index is 0.0273. The number of likely N-dealkylation sites (N-methyl/N-ethyl adjacent to an activating group) is 1. The Morgan fingerprint density at radius 1 is 1.27 bits per heavy atom. The van der Waals surface area contributed by atoms with Crippen LogP contribution in [0.2, 0.25) is 0 Å². The normalized spacial score (nSPS) is 16.0. The zero-order chi connectivity index (χ0) is 18.4. The Kier molecular flexibility index (Phi) is 6.32. The van der Waals surface area contributed by atoms with Gasteiger partial charge in [0.05, 0.1) is 24.1 Å². The highest BCUT2D eigenvalue weighted by atomic mass is 32.2. The lowest BCUT2D eigenvalue weighted by Crippen LogP contribution is -2.35. The van der Waals surface area contributed by atoms with Crippen LogP contribution in [0.1, 0.15) is 30.0 Å². The van der Waals surface area contributed by atoms with Crippen LogP contribution in [0.5, 0.6) is 0 Å². The topological polar surface area (TPSA) is 56.1 Å². The zero-order valence-corrected chi connectivity index (χ0v) is 15.8. The number of nitrogens with zero attached hydrogens (tertiary/aromatic N) is 2. The molecule has 3 rings (SSSR count). The second kappa shape index (κ2) is 8.88. The summed E-state index contributed by atoms with van der Waals surface area (Å²) in [4.78, 5) is 15.6. The van der Waals surface area contributed by atoms with Gasteiger partial charge in [-0.15, -0.1) is 11.8 Å². The molecule has 134 valence electrons. The summed E-state index contributed by atoms with van der Waals surface area (Å²) in [7, 11) is 2.02. The largest absolute Gasteiger partial charge is 0.324 e. The number of carbonyl (C=O) groups excluding carboxylic acids is 1. The number of fused-ring (bicyclic) bond motifs is 1. The number of hydrogen-bond acceptors (Lipinski definition) is 4. The van der Waals surface area contributed by atoms with Gasteiger partial charge in [-0.1, -0.05) is 36.4 Å². The van der Waals surface area contributed by atoms with E-state index in [1.54, 1.807) is 0 Å². The summed E-state index contributed by atoms with van der Waals surface area (Å²) in [6.45, 7) is 0.344. The summed E-state index contributed by atoms with van der Waals surface area (Å²) in [5, 5.41) is 11.8. The summed E-state index contributed by atoms with van der Waals surface area (Å²) in [5.74, 6) is 0.339. The molecule has 1 N–H and O–H groups in total. The van der Waals surface area contributed by atoms with E-state index in [1.165, 1.54) is 22.9 Å². The Hall–Kier alpha value is -2.29. The number of rotatable bonds is 6. The number of carbonyl (C=O) groups is 1. The molecule has 0 spiro atoms. The number of para-hydroxylation sites is 1. The molecule has 1 amide bonds. The van der Waals surface area contributed by atoms with Gasteiger partial charge in [-0.3, -0.25) is 9.69 Å². The first kappa shape index (κ1) is 18.5. The smallest absolute Gasteiger partial charge is 0.238 e. The Morgan fingerprint density at radius 2 is 2.04 bits per heavy atom. The van der Waals surface area contributed by atoms with E-state index >= 15 is 0 Å². The summed E-state index contributed by atoms with van der Waals surface area (Å²) >= 11 is 1.44. The van der Waals surface area contributed by atoms with Crippen LogP contribution in [0, 0.1) is 11.3 Å². The molecule has 4 nitrogen and oxygen atoms in total. The molecule has 1 aliphatic rings. The first-order valence-electron chi connectivity index (χ1n) is 8.85. The van der Waals surface area contributed by atoms with E-state index in [9.17, 15) is 4.79 Å². The average molecular weight is 366 g/mol. The second-order valence-corrected chi connectivity index (χ2v) is 7.53. The lowest BCUT2D eigenvalue weighted by Gasteiger charge is -2.32. The number of thioether (sulfide) groups is 1. The van der Waals surface area contributed by atoms with Crippen molar-refractivity contribution in [3.63, 3.8) is 0 Å². The molecular weight excluding hydrogens is 342 g/mol. The van der Waals surface area contributed by atoms with Crippen molar-refractivity contribution < 1.29 is 4.79 Å². The van der Waals surface area contributed by atoms with Crippen molar-refractivity contribution >= 4 is 23.4 Å². The minimum atomic E-state index is -0.0273. The molecule has 2 aromatic rings. The number of benzene rings is 2. The number of nitrogens with one attached hydrogen (secondary N) is 1. The van der Waals surface area contributed by atoms with E-state index in [0.29, 0.717) is 12.3 Å². The highest BCUT2D eigenvalue weighted by molar-refractivity contribution is 7.99. The van der Waals surface area contributed by atoms with Crippen molar-refractivity contribution in [1.82, 2.24) is 4.90 Å². The first-order chi connectivity index (χ1) is 12.7. The Labute approximate surface area is 159 Å². The van der Waals surface area contributed by atoms with Crippen LogP contribution < -0.4 is 5.32 Å². The minimum Gasteiger partial charge on any atom is -0.324 e. The molecule has 0 heterocycles. The van der Waals surface area contributed by atoms with Gasteiger partial charge in [-0.05, 0) is 49.6 Å². The maximum atomic E-state index is 12.6. The van der Waals surface area contributed by atoms with E-state index in [4.69, 9.17) is 5.26 Å². The molecule has 0 radical (unpaired) electrons. The number of nitriles is 1. The summed E-state index contributed by atoms with van der Waals surface area (Å²) < 4.78 is 0. The molecule has 0 fully saturated rings. The second-order valence-electron chi connectivity index (χ2n) is 6.51. The van der Waals surface area contributed by atoms with Crippen LogP contribution in [0.4, 0.5) is 5.69 Å². The van der Waals surface area contributed by atoms with Gasteiger partial charge in [0.1, 0.15) is 0 Å². The molecule has 2 aromatic carbocycles. The van der Waals surface area contributed by atoms with Gasteiger partial charge in [0.2, 0.25) is 5.91 Å². The van der Waals surface area contributed by atoms with Gasteiger partial charge in [-0.2, -0.15) is 5.26 Å². The van der Waals surface area contributed by atoms with Crippen molar-refractivity contribution in [2.75, 3.05) is 24.7 Å². The van der Waals surface area contributed by atoms with Crippen molar-refractivity contribution in [2.45, 2.75) is 30.2 Å². The molecule has 0 saturated heterocycles. The lowest BCUT2D eigenvalue weighted by atomic mass is 9.87. The van der Waals surface area contributed by atoms with Gasteiger partial charge in [-0.25, -0.2) is 0 Å². The molecule has 0 bridgehead atoms. The molecule has 0 unspecified atom stereocenters. The standard InChI is InChI=1S/C21H23N3OS/c1-24(19-11-6-8-16-7-2-3-9-17(16)19)15-21(25)23-18-10-4-5-12-20(18)26-14-13-22/h2-5,7,9-10,12,19H,6,8,11,14-15H2,1H3,(H,23,25)/t19-/m0/s1. The predicted molar refractivity (Wildman–Crippen MR) is 106 cm³/mol. The van der Waals surface area contributed by atoms with Gasteiger partial charge < -0.3 is 5.32 Å². The monoisotopic (exact) mass is 365 g/mol. The van der Waals surface area contributed by atoms with E-state index in [0.717, 1.165) is 29.8 Å². The van der Waals surface area contributed by atoms with Gasteiger partial charge in [0, 0.05) is 10.9 Å². The van der Waals surface area contributed by atoms with E-state index in [-0.39, 0.29) is 11.9 Å². The van der Waals surface area contributed by atoms with Gasteiger partial charge >= 0.3 is 0 Å². The van der Waals surface area contributed by atoms with Crippen LogP contribution in [0.3, 0.4) is 0 Å². The van der Waals surface area contributed by atoms with Crippen LogP contribution in [-0.2, 0) is 11.2 Å². The predicted octanol–water partition coefficient (Wildman–Crippen LogP) is 4.25. The summed E-state index contributed by atoms with van der Waals surface area (Å²) in [5.41, 5.74) is 3.52. The van der Waals surface area contributed by atoms with Crippen molar-refractivity contribution in [3.05, 3.63) is 59.7 Å². The molecule has 26 heavy (non-hydrogen) atoms. The third-order valence-electron chi connectivity index (χ3n) is 4.72. The molecule has 0 saturated carbocycles. The number of anilines is 1.